The first-order valence-corrected chi connectivity index (χ1v) is 6.07. The Morgan fingerprint density at radius 2 is 1.47 bits per heavy atom. The molecule has 0 amide bonds. The van der Waals surface area contributed by atoms with Gasteiger partial charge in [0.25, 0.3) is 0 Å². The van der Waals surface area contributed by atoms with Crippen LogP contribution in [0.1, 0.15) is 13.9 Å². The normalized spacial score (nSPS) is 11.3. The SMILES string of the molecule is [2H]C([2H])=C(Cc1ccc(OC)cc1)c1ccc(OC)cc1. The average Bonchev–Trinajstić information content (AvgIpc) is 2.53. The van der Waals surface area contributed by atoms with Crippen molar-refractivity contribution in [3.63, 3.8) is 0 Å². The average molecular weight is 256 g/mol. The van der Waals surface area contributed by atoms with Crippen molar-refractivity contribution < 1.29 is 12.2 Å². The van der Waals surface area contributed by atoms with Gasteiger partial charge < -0.3 is 9.47 Å². The van der Waals surface area contributed by atoms with Gasteiger partial charge in [-0.25, -0.2) is 0 Å². The minimum Gasteiger partial charge on any atom is -0.497 e. The van der Waals surface area contributed by atoms with E-state index in [0.717, 1.165) is 22.6 Å². The first kappa shape index (κ1) is 10.7. The summed E-state index contributed by atoms with van der Waals surface area (Å²) in [5.74, 6) is 1.56. The molecule has 0 aliphatic rings. The number of rotatable bonds is 5. The van der Waals surface area contributed by atoms with Crippen molar-refractivity contribution >= 4 is 5.57 Å². The molecule has 0 saturated carbocycles. The number of hydrogen-bond donors (Lipinski definition) is 0. The molecule has 98 valence electrons. The molecule has 2 aromatic rings. The highest BCUT2D eigenvalue weighted by Gasteiger charge is 2.02. The number of hydrogen-bond acceptors (Lipinski definition) is 2. The van der Waals surface area contributed by atoms with Crippen molar-refractivity contribution in [1.29, 1.82) is 0 Å². The maximum atomic E-state index is 7.69. The van der Waals surface area contributed by atoms with Gasteiger partial charge in [-0.1, -0.05) is 30.8 Å². The second kappa shape index (κ2) is 6.10. The quantitative estimate of drug-likeness (QED) is 0.806. The Morgan fingerprint density at radius 1 is 0.947 bits per heavy atom. The van der Waals surface area contributed by atoms with Gasteiger partial charge in [0.2, 0.25) is 0 Å². The Balaban J connectivity index is 2.24. The van der Waals surface area contributed by atoms with E-state index in [0.29, 0.717) is 12.0 Å². The molecular weight excluding hydrogens is 236 g/mol. The Hall–Kier alpha value is -2.22. The summed E-state index contributed by atoms with van der Waals surface area (Å²) in [4.78, 5) is 0. The summed E-state index contributed by atoms with van der Waals surface area (Å²) in [7, 11) is 3.24. The van der Waals surface area contributed by atoms with Gasteiger partial charge in [-0.05, 0) is 47.4 Å². The maximum Gasteiger partial charge on any atom is 0.118 e. The van der Waals surface area contributed by atoms with Crippen LogP contribution in [-0.2, 0) is 6.42 Å². The molecule has 0 aliphatic carbocycles. The van der Waals surface area contributed by atoms with Crippen LogP contribution in [-0.4, -0.2) is 14.2 Å². The number of allylic oxidation sites excluding steroid dienone is 1. The third-order valence-electron chi connectivity index (χ3n) is 2.98. The Morgan fingerprint density at radius 3 is 1.95 bits per heavy atom. The smallest absolute Gasteiger partial charge is 0.118 e. The highest BCUT2D eigenvalue weighted by molar-refractivity contribution is 5.66. The fourth-order valence-electron chi connectivity index (χ4n) is 1.84. The summed E-state index contributed by atoms with van der Waals surface area (Å²) in [6.45, 7) is -0.170. The van der Waals surface area contributed by atoms with Crippen LogP contribution in [0.4, 0.5) is 0 Å². The second-order valence-corrected chi connectivity index (χ2v) is 4.23. The zero-order valence-electron chi connectivity index (χ0n) is 13.1. The third kappa shape index (κ3) is 3.38. The fraction of sp³-hybridized carbons (Fsp3) is 0.176. The van der Waals surface area contributed by atoms with Crippen LogP contribution in [0.5, 0.6) is 11.5 Å². The molecule has 0 spiro atoms. The molecule has 0 radical (unpaired) electrons. The van der Waals surface area contributed by atoms with Gasteiger partial charge in [0.05, 0.1) is 17.0 Å². The summed E-state index contributed by atoms with van der Waals surface area (Å²) >= 11 is 0. The molecule has 0 fully saturated rings. The molecule has 0 saturated heterocycles. The number of methoxy groups -OCH3 is 2. The highest BCUT2D eigenvalue weighted by Crippen LogP contribution is 2.22. The van der Waals surface area contributed by atoms with Crippen molar-refractivity contribution in [3.05, 3.63) is 66.2 Å². The second-order valence-electron chi connectivity index (χ2n) is 4.23. The van der Waals surface area contributed by atoms with Crippen LogP contribution >= 0.6 is 0 Å². The molecule has 0 heterocycles. The topological polar surface area (TPSA) is 18.5 Å². The number of ether oxygens (including phenoxy) is 2. The Bertz CT molecular complexity index is 612. The van der Waals surface area contributed by atoms with Crippen LogP contribution < -0.4 is 9.47 Å². The van der Waals surface area contributed by atoms with Crippen molar-refractivity contribution in [2.45, 2.75) is 6.42 Å². The van der Waals surface area contributed by atoms with Gasteiger partial charge >= 0.3 is 0 Å². The Kier molecular flexibility index (Phi) is 3.43. The lowest BCUT2D eigenvalue weighted by Gasteiger charge is -2.08. The van der Waals surface area contributed by atoms with Gasteiger partial charge in [-0.2, -0.15) is 0 Å². The largest absolute Gasteiger partial charge is 0.497 e. The number of benzene rings is 2. The van der Waals surface area contributed by atoms with Crippen molar-refractivity contribution in [2.24, 2.45) is 0 Å². The van der Waals surface area contributed by atoms with E-state index < -0.39 is 0 Å². The molecule has 0 aromatic heterocycles. The van der Waals surface area contributed by atoms with E-state index in [1.807, 2.05) is 48.5 Å². The van der Waals surface area contributed by atoms with Gasteiger partial charge in [-0.15, -0.1) is 0 Å². The molecule has 0 atom stereocenters. The summed E-state index contributed by atoms with van der Waals surface area (Å²) in [6.07, 6.45) is 0.540. The Labute approximate surface area is 117 Å². The lowest BCUT2D eigenvalue weighted by Crippen LogP contribution is -1.91. The molecule has 2 nitrogen and oxygen atoms in total. The van der Waals surface area contributed by atoms with Crippen LogP contribution in [0, 0.1) is 0 Å². The molecule has 19 heavy (non-hydrogen) atoms. The molecule has 0 bridgehead atoms. The summed E-state index contributed by atoms with van der Waals surface area (Å²) in [5.41, 5.74) is 2.59. The minimum atomic E-state index is -0.170. The van der Waals surface area contributed by atoms with Gasteiger partial charge in [0, 0.05) is 0 Å². The van der Waals surface area contributed by atoms with E-state index in [1.165, 1.54) is 0 Å². The van der Waals surface area contributed by atoms with Gasteiger partial charge in [0.1, 0.15) is 11.5 Å². The maximum absolute atomic E-state index is 7.69. The van der Waals surface area contributed by atoms with Gasteiger partial charge in [-0.3, -0.25) is 0 Å². The molecular formula is C17H18O2. The molecule has 0 unspecified atom stereocenters. The first-order valence-electron chi connectivity index (χ1n) is 7.07. The van der Waals surface area contributed by atoms with Crippen molar-refractivity contribution in [3.8, 4) is 11.5 Å². The zero-order valence-corrected chi connectivity index (χ0v) is 11.1. The van der Waals surface area contributed by atoms with Gasteiger partial charge in [0.15, 0.2) is 0 Å². The predicted octanol–water partition coefficient (Wildman–Crippen LogP) is 3.96. The summed E-state index contributed by atoms with van der Waals surface area (Å²) in [5, 5.41) is 0. The van der Waals surface area contributed by atoms with Crippen LogP contribution in [0.3, 0.4) is 0 Å². The summed E-state index contributed by atoms with van der Waals surface area (Å²) in [6, 6.07) is 15.1. The summed E-state index contributed by atoms with van der Waals surface area (Å²) < 4.78 is 25.6. The molecule has 2 rings (SSSR count). The van der Waals surface area contributed by atoms with Crippen LogP contribution in [0.15, 0.2) is 55.1 Å². The van der Waals surface area contributed by atoms with E-state index >= 15 is 0 Å². The lowest BCUT2D eigenvalue weighted by molar-refractivity contribution is 0.414. The third-order valence-corrected chi connectivity index (χ3v) is 2.98. The zero-order chi connectivity index (χ0) is 15.2. The molecule has 0 N–H and O–H groups in total. The molecule has 2 heteroatoms. The van der Waals surface area contributed by atoms with Crippen molar-refractivity contribution in [2.75, 3.05) is 14.2 Å². The monoisotopic (exact) mass is 256 g/mol. The lowest BCUT2D eigenvalue weighted by atomic mass is 9.99. The van der Waals surface area contributed by atoms with E-state index in [-0.39, 0.29) is 6.53 Å². The predicted molar refractivity (Wildman–Crippen MR) is 78.7 cm³/mol. The minimum absolute atomic E-state index is 0.170. The highest BCUT2D eigenvalue weighted by atomic mass is 16.5. The van der Waals surface area contributed by atoms with E-state index in [4.69, 9.17) is 12.2 Å². The molecule has 0 aliphatic heterocycles. The fourth-order valence-corrected chi connectivity index (χ4v) is 1.84. The molecule has 2 aromatic carbocycles. The van der Waals surface area contributed by atoms with E-state index in [1.54, 1.807) is 14.2 Å². The van der Waals surface area contributed by atoms with Crippen molar-refractivity contribution in [1.82, 2.24) is 0 Å². The standard InChI is InChI=1S/C17H18O2/c1-13(15-6-10-17(19-3)11-7-15)12-14-4-8-16(18-2)9-5-14/h4-11H,1,12H2,2-3H3/i1D2. The first-order chi connectivity index (χ1) is 10.1. The van der Waals surface area contributed by atoms with Crippen LogP contribution in [0.2, 0.25) is 0 Å². The van der Waals surface area contributed by atoms with E-state index in [2.05, 4.69) is 0 Å². The van der Waals surface area contributed by atoms with Crippen LogP contribution in [0.25, 0.3) is 5.57 Å². The van der Waals surface area contributed by atoms with E-state index in [9.17, 15) is 0 Å².